The van der Waals surface area contributed by atoms with Crippen molar-refractivity contribution in [3.05, 3.63) is 41.5 Å². The first-order chi connectivity index (χ1) is 12.3. The molecule has 0 atom stereocenters. The van der Waals surface area contributed by atoms with E-state index in [4.69, 9.17) is 10.1 Å². The van der Waals surface area contributed by atoms with Crippen molar-refractivity contribution in [3.8, 4) is 5.75 Å². The Labute approximate surface area is 152 Å². The highest BCUT2D eigenvalue weighted by Gasteiger charge is 2.22. The Morgan fingerprint density at radius 3 is 2.56 bits per heavy atom. The van der Waals surface area contributed by atoms with Crippen LogP contribution in [0.3, 0.4) is 0 Å². The van der Waals surface area contributed by atoms with E-state index < -0.39 is 0 Å². The molecule has 25 heavy (non-hydrogen) atoms. The number of benzene rings is 2. The van der Waals surface area contributed by atoms with E-state index in [0.717, 1.165) is 22.6 Å². The Morgan fingerprint density at radius 2 is 1.88 bits per heavy atom. The van der Waals surface area contributed by atoms with Gasteiger partial charge in [-0.1, -0.05) is 56.9 Å². The Bertz CT molecular complexity index is 713. The summed E-state index contributed by atoms with van der Waals surface area (Å²) in [6.45, 7) is 2.29. The normalized spacial score (nSPS) is 20.6. The van der Waals surface area contributed by atoms with Gasteiger partial charge in [-0.15, -0.1) is 0 Å². The average molecular weight is 338 g/mol. The Morgan fingerprint density at radius 1 is 1.08 bits per heavy atom. The maximum Gasteiger partial charge on any atom is 0.128 e. The fourth-order valence-electron chi connectivity index (χ4n) is 4.40. The van der Waals surface area contributed by atoms with Crippen molar-refractivity contribution in [2.45, 2.75) is 64.2 Å². The van der Waals surface area contributed by atoms with Crippen molar-refractivity contribution in [2.75, 3.05) is 7.11 Å². The molecule has 0 spiro atoms. The summed E-state index contributed by atoms with van der Waals surface area (Å²) in [5.41, 5.74) is 2.35. The van der Waals surface area contributed by atoms with Crippen LogP contribution in [0.2, 0.25) is 0 Å². The van der Waals surface area contributed by atoms with E-state index in [1.54, 1.807) is 7.11 Å². The lowest BCUT2D eigenvalue weighted by Crippen LogP contribution is -2.13. The first kappa shape index (κ1) is 18.0. The first-order valence-corrected chi connectivity index (χ1v) is 9.88. The lowest BCUT2D eigenvalue weighted by Gasteiger charge is -2.29. The second-order valence-corrected chi connectivity index (χ2v) is 7.52. The zero-order chi connectivity index (χ0) is 17.6. The lowest BCUT2D eigenvalue weighted by atomic mass is 9.76. The zero-order valence-electron chi connectivity index (χ0n) is 15.7. The van der Waals surface area contributed by atoms with Gasteiger partial charge >= 0.3 is 0 Å². The summed E-state index contributed by atoms with van der Waals surface area (Å²) >= 11 is 0. The van der Waals surface area contributed by atoms with Crippen LogP contribution < -0.4 is 4.74 Å². The average Bonchev–Trinajstić information content (AvgIpc) is 2.67. The summed E-state index contributed by atoms with van der Waals surface area (Å²) in [6, 6.07) is 10.9. The van der Waals surface area contributed by atoms with Gasteiger partial charge in [0.15, 0.2) is 0 Å². The molecule has 0 radical (unpaired) electrons. The molecule has 0 aromatic heterocycles. The van der Waals surface area contributed by atoms with Crippen LogP contribution in [0.5, 0.6) is 5.75 Å². The van der Waals surface area contributed by atoms with Crippen molar-refractivity contribution >= 4 is 17.0 Å². The summed E-state index contributed by atoms with van der Waals surface area (Å²) < 4.78 is 5.39. The van der Waals surface area contributed by atoms with Crippen molar-refractivity contribution in [1.29, 1.82) is 5.41 Å². The fraction of sp³-hybridized carbons (Fsp3) is 0.522. The topological polar surface area (TPSA) is 33.1 Å². The summed E-state index contributed by atoms with van der Waals surface area (Å²) in [7, 11) is 1.67. The molecule has 2 aromatic carbocycles. The molecule has 0 aliphatic heterocycles. The van der Waals surface area contributed by atoms with E-state index >= 15 is 0 Å². The van der Waals surface area contributed by atoms with Gasteiger partial charge in [0.1, 0.15) is 5.75 Å². The molecule has 3 rings (SSSR count). The second kappa shape index (κ2) is 8.51. The molecule has 1 aliphatic rings. The molecule has 1 saturated carbocycles. The maximum absolute atomic E-state index is 7.71. The van der Waals surface area contributed by atoms with Gasteiger partial charge in [-0.2, -0.15) is 0 Å². The molecule has 0 bridgehead atoms. The number of methoxy groups -OCH3 is 1. The molecule has 0 unspecified atom stereocenters. The molecule has 2 aromatic rings. The quantitative estimate of drug-likeness (QED) is 0.442. The second-order valence-electron chi connectivity index (χ2n) is 7.52. The van der Waals surface area contributed by atoms with Gasteiger partial charge in [0.05, 0.1) is 7.11 Å². The minimum Gasteiger partial charge on any atom is -0.496 e. The fourth-order valence-corrected chi connectivity index (χ4v) is 4.40. The number of fused-ring (bicyclic) bond motifs is 1. The molecule has 1 fully saturated rings. The molecular formula is C23H31NO. The molecule has 1 N–H and O–H groups in total. The van der Waals surface area contributed by atoms with E-state index in [1.165, 1.54) is 68.5 Å². The maximum atomic E-state index is 7.71. The minimum absolute atomic E-state index is 0.706. The number of hydrogen-bond acceptors (Lipinski definition) is 2. The van der Waals surface area contributed by atoms with Crippen LogP contribution in [0.15, 0.2) is 30.3 Å². The van der Waals surface area contributed by atoms with E-state index in [2.05, 4.69) is 31.2 Å². The minimum atomic E-state index is 0.706. The van der Waals surface area contributed by atoms with E-state index in [-0.39, 0.29) is 0 Å². The number of unbranched alkanes of at least 4 members (excludes halogenated alkanes) is 2. The smallest absolute Gasteiger partial charge is 0.128 e. The van der Waals surface area contributed by atoms with Crippen LogP contribution in [0.1, 0.15) is 75.3 Å². The Balaban J connectivity index is 1.72. The van der Waals surface area contributed by atoms with Crippen LogP contribution in [0.25, 0.3) is 10.8 Å². The molecule has 0 saturated heterocycles. The number of rotatable bonds is 7. The van der Waals surface area contributed by atoms with Gasteiger partial charge in [-0.3, -0.25) is 0 Å². The first-order valence-electron chi connectivity index (χ1n) is 9.88. The molecule has 1 aliphatic carbocycles. The van der Waals surface area contributed by atoms with Crippen molar-refractivity contribution < 1.29 is 4.74 Å². The number of ether oxygens (including phenoxy) is 1. The van der Waals surface area contributed by atoms with Gasteiger partial charge in [-0.25, -0.2) is 0 Å². The predicted molar refractivity (Wildman–Crippen MR) is 107 cm³/mol. The monoisotopic (exact) mass is 337 g/mol. The SMILES string of the molecule is CCCCCC1CCC(c2ccc3c(C=N)c(OC)ccc3c2)CC1. The van der Waals surface area contributed by atoms with Gasteiger partial charge in [-0.05, 0) is 59.9 Å². The summed E-state index contributed by atoms with van der Waals surface area (Å²) in [5, 5.41) is 10.0. The van der Waals surface area contributed by atoms with Crippen LogP contribution in [-0.4, -0.2) is 13.3 Å². The van der Waals surface area contributed by atoms with Crippen molar-refractivity contribution in [2.24, 2.45) is 5.92 Å². The van der Waals surface area contributed by atoms with E-state index in [9.17, 15) is 0 Å². The van der Waals surface area contributed by atoms with Crippen molar-refractivity contribution in [3.63, 3.8) is 0 Å². The lowest BCUT2D eigenvalue weighted by molar-refractivity contribution is 0.303. The van der Waals surface area contributed by atoms with Crippen molar-refractivity contribution in [1.82, 2.24) is 0 Å². The van der Waals surface area contributed by atoms with Gasteiger partial charge in [0.2, 0.25) is 0 Å². The van der Waals surface area contributed by atoms with Crippen LogP contribution >= 0.6 is 0 Å². The highest BCUT2D eigenvalue weighted by atomic mass is 16.5. The van der Waals surface area contributed by atoms with Crippen LogP contribution in [0, 0.1) is 11.3 Å². The largest absolute Gasteiger partial charge is 0.496 e. The third-order valence-corrected chi connectivity index (χ3v) is 5.94. The molecule has 2 nitrogen and oxygen atoms in total. The number of nitrogens with one attached hydrogen (secondary N) is 1. The molecule has 2 heteroatoms. The van der Waals surface area contributed by atoms with Crippen LogP contribution in [0.4, 0.5) is 0 Å². The summed E-state index contributed by atoms with van der Waals surface area (Å²) in [6.07, 6.45) is 12.4. The van der Waals surface area contributed by atoms with E-state index in [1.807, 2.05) is 6.07 Å². The Kier molecular flexibility index (Phi) is 6.12. The number of hydrogen-bond donors (Lipinski definition) is 1. The zero-order valence-corrected chi connectivity index (χ0v) is 15.7. The summed E-state index contributed by atoms with van der Waals surface area (Å²) in [5.74, 6) is 2.44. The molecular weight excluding hydrogens is 306 g/mol. The molecule has 0 amide bonds. The standard InChI is InChI=1S/C23H31NO/c1-3-4-5-6-17-7-9-18(10-8-17)19-11-13-21-20(15-19)12-14-23(25-2)22(21)16-24/h11-18,24H,3-10H2,1-2H3. The van der Waals surface area contributed by atoms with Gasteiger partial charge in [0.25, 0.3) is 0 Å². The third-order valence-electron chi connectivity index (χ3n) is 5.94. The van der Waals surface area contributed by atoms with Gasteiger partial charge < -0.3 is 10.1 Å². The highest BCUT2D eigenvalue weighted by Crippen LogP contribution is 2.39. The van der Waals surface area contributed by atoms with Crippen LogP contribution in [-0.2, 0) is 0 Å². The van der Waals surface area contributed by atoms with Gasteiger partial charge in [0, 0.05) is 11.8 Å². The molecule has 134 valence electrons. The summed E-state index contributed by atoms with van der Waals surface area (Å²) in [4.78, 5) is 0. The highest BCUT2D eigenvalue weighted by molar-refractivity contribution is 6.01. The molecule has 0 heterocycles. The van der Waals surface area contributed by atoms with E-state index in [0.29, 0.717) is 5.92 Å². The third kappa shape index (κ3) is 4.05. The predicted octanol–water partition coefficient (Wildman–Crippen LogP) is 6.70. The Hall–Kier alpha value is -1.83.